The third kappa shape index (κ3) is 3.71. The molecule has 0 heterocycles. The molecule has 0 spiro atoms. The van der Waals surface area contributed by atoms with Crippen molar-refractivity contribution in [2.75, 3.05) is 30.6 Å². The van der Waals surface area contributed by atoms with Crippen LogP contribution in [0.3, 0.4) is 0 Å². The van der Waals surface area contributed by atoms with Gasteiger partial charge in [-0.05, 0) is 36.6 Å². The summed E-state index contributed by atoms with van der Waals surface area (Å²) in [5.41, 5.74) is 2.19. The minimum Gasteiger partial charge on any atom is -0.376 e. The number of carbonyl (C=O) groups is 1. The van der Waals surface area contributed by atoms with Gasteiger partial charge in [0.25, 0.3) is 5.91 Å². The van der Waals surface area contributed by atoms with Crippen molar-refractivity contribution < 1.29 is 4.79 Å². The number of nitrogens with one attached hydrogen (secondary N) is 1. The molecule has 0 saturated carbocycles. The Bertz CT molecular complexity index is 658. The summed E-state index contributed by atoms with van der Waals surface area (Å²) in [5, 5.41) is 3.38. The molecule has 0 aliphatic rings. The Morgan fingerprint density at radius 2 is 1.90 bits per heavy atom. The number of benzene rings is 2. The van der Waals surface area contributed by atoms with Gasteiger partial charge >= 0.3 is 0 Å². The van der Waals surface area contributed by atoms with Gasteiger partial charge in [-0.1, -0.05) is 23.7 Å². The maximum atomic E-state index is 12.5. The quantitative estimate of drug-likeness (QED) is 0.848. The Balaban J connectivity index is 2.30. The highest BCUT2D eigenvalue weighted by Crippen LogP contribution is 2.27. The van der Waals surface area contributed by atoms with Crippen LogP contribution in [-0.2, 0) is 0 Å². The Morgan fingerprint density at radius 3 is 2.57 bits per heavy atom. The number of halogens is 1. The highest BCUT2D eigenvalue weighted by molar-refractivity contribution is 7.98. The summed E-state index contributed by atoms with van der Waals surface area (Å²) in [4.78, 5) is 15.4. The first-order valence-electron chi connectivity index (χ1n) is 6.44. The number of hydrogen-bond acceptors (Lipinski definition) is 3. The van der Waals surface area contributed by atoms with E-state index in [1.807, 2.05) is 55.6 Å². The van der Waals surface area contributed by atoms with Gasteiger partial charge in [0, 0.05) is 19.0 Å². The molecule has 0 unspecified atom stereocenters. The SMILES string of the molecule is CSc1ccc(Cl)c(C(=O)Nc2ccccc2N(C)C)c1. The molecular formula is C16H17ClN2OS. The molecule has 2 rings (SSSR count). The van der Waals surface area contributed by atoms with Gasteiger partial charge in [-0.25, -0.2) is 0 Å². The Morgan fingerprint density at radius 1 is 1.19 bits per heavy atom. The summed E-state index contributed by atoms with van der Waals surface area (Å²) in [5.74, 6) is -0.204. The van der Waals surface area contributed by atoms with Crippen LogP contribution in [0.1, 0.15) is 10.4 Å². The van der Waals surface area contributed by atoms with Crippen molar-refractivity contribution in [3.8, 4) is 0 Å². The summed E-state index contributed by atoms with van der Waals surface area (Å²) in [6.45, 7) is 0. The van der Waals surface area contributed by atoms with Gasteiger partial charge in [-0.3, -0.25) is 4.79 Å². The zero-order valence-electron chi connectivity index (χ0n) is 12.2. The normalized spacial score (nSPS) is 10.3. The highest BCUT2D eigenvalue weighted by atomic mass is 35.5. The van der Waals surface area contributed by atoms with Gasteiger partial charge in [-0.15, -0.1) is 11.8 Å². The van der Waals surface area contributed by atoms with Gasteiger partial charge < -0.3 is 10.2 Å². The van der Waals surface area contributed by atoms with E-state index in [0.717, 1.165) is 16.3 Å². The van der Waals surface area contributed by atoms with E-state index in [1.54, 1.807) is 23.9 Å². The van der Waals surface area contributed by atoms with Gasteiger partial charge in [-0.2, -0.15) is 0 Å². The van der Waals surface area contributed by atoms with E-state index in [4.69, 9.17) is 11.6 Å². The molecule has 3 nitrogen and oxygen atoms in total. The van der Waals surface area contributed by atoms with E-state index < -0.39 is 0 Å². The largest absolute Gasteiger partial charge is 0.376 e. The van der Waals surface area contributed by atoms with Gasteiger partial charge in [0.1, 0.15) is 0 Å². The lowest BCUT2D eigenvalue weighted by molar-refractivity contribution is 0.102. The molecular weight excluding hydrogens is 304 g/mol. The average molecular weight is 321 g/mol. The van der Waals surface area contributed by atoms with Crippen molar-refractivity contribution in [2.45, 2.75) is 4.90 Å². The smallest absolute Gasteiger partial charge is 0.257 e. The number of para-hydroxylation sites is 2. The molecule has 21 heavy (non-hydrogen) atoms. The first-order chi connectivity index (χ1) is 10.0. The Labute approximate surface area is 134 Å². The first-order valence-corrected chi connectivity index (χ1v) is 8.04. The van der Waals surface area contributed by atoms with Gasteiger partial charge in [0.15, 0.2) is 0 Å². The van der Waals surface area contributed by atoms with Crippen LogP contribution in [0.25, 0.3) is 0 Å². The number of nitrogens with zero attached hydrogens (tertiary/aromatic N) is 1. The van der Waals surface area contributed by atoms with Crippen LogP contribution in [0, 0.1) is 0 Å². The number of rotatable bonds is 4. The maximum Gasteiger partial charge on any atom is 0.257 e. The first kappa shape index (κ1) is 15.7. The molecule has 5 heteroatoms. The van der Waals surface area contributed by atoms with E-state index in [1.165, 1.54) is 0 Å². The van der Waals surface area contributed by atoms with Crippen molar-refractivity contribution in [1.29, 1.82) is 0 Å². The van der Waals surface area contributed by atoms with Crippen molar-refractivity contribution in [3.63, 3.8) is 0 Å². The second kappa shape index (κ2) is 6.87. The standard InChI is InChI=1S/C16H17ClN2OS/c1-19(2)15-7-5-4-6-14(15)18-16(20)12-10-11(21-3)8-9-13(12)17/h4-10H,1-3H3,(H,18,20). The minimum absolute atomic E-state index is 0.204. The van der Waals surface area contributed by atoms with E-state index in [9.17, 15) is 4.79 Å². The second-order valence-electron chi connectivity index (χ2n) is 4.71. The average Bonchev–Trinajstić information content (AvgIpc) is 2.48. The van der Waals surface area contributed by atoms with E-state index in [-0.39, 0.29) is 5.91 Å². The molecule has 0 fully saturated rings. The molecule has 0 bridgehead atoms. The fourth-order valence-corrected chi connectivity index (χ4v) is 2.61. The lowest BCUT2D eigenvalue weighted by Crippen LogP contribution is -2.17. The molecule has 1 amide bonds. The third-order valence-corrected chi connectivity index (χ3v) is 4.11. The summed E-state index contributed by atoms with van der Waals surface area (Å²) in [6.07, 6.45) is 1.96. The fraction of sp³-hybridized carbons (Fsp3) is 0.188. The summed E-state index contributed by atoms with van der Waals surface area (Å²) in [6, 6.07) is 13.1. The minimum atomic E-state index is -0.204. The topological polar surface area (TPSA) is 32.3 Å². The van der Waals surface area contributed by atoms with Crippen molar-refractivity contribution >= 4 is 40.6 Å². The number of amides is 1. The highest BCUT2D eigenvalue weighted by Gasteiger charge is 2.13. The van der Waals surface area contributed by atoms with Crippen LogP contribution in [0.5, 0.6) is 0 Å². The molecule has 110 valence electrons. The predicted molar refractivity (Wildman–Crippen MR) is 92.0 cm³/mol. The van der Waals surface area contributed by atoms with Crippen molar-refractivity contribution in [1.82, 2.24) is 0 Å². The second-order valence-corrected chi connectivity index (χ2v) is 6.00. The zero-order chi connectivity index (χ0) is 15.4. The maximum absolute atomic E-state index is 12.5. The monoisotopic (exact) mass is 320 g/mol. The van der Waals surface area contributed by atoms with Gasteiger partial charge in [0.2, 0.25) is 0 Å². The molecule has 0 aliphatic heterocycles. The van der Waals surface area contributed by atoms with Crippen LogP contribution < -0.4 is 10.2 Å². The summed E-state index contributed by atoms with van der Waals surface area (Å²) in [7, 11) is 3.87. The molecule has 2 aromatic rings. The van der Waals surface area contributed by atoms with Crippen LogP contribution in [0.15, 0.2) is 47.4 Å². The van der Waals surface area contributed by atoms with Crippen LogP contribution >= 0.6 is 23.4 Å². The fourth-order valence-electron chi connectivity index (χ4n) is 1.96. The molecule has 1 N–H and O–H groups in total. The van der Waals surface area contributed by atoms with E-state index >= 15 is 0 Å². The van der Waals surface area contributed by atoms with Crippen LogP contribution in [0.2, 0.25) is 5.02 Å². The zero-order valence-corrected chi connectivity index (χ0v) is 13.8. The summed E-state index contributed by atoms with van der Waals surface area (Å²) >= 11 is 7.71. The molecule has 0 radical (unpaired) electrons. The lowest BCUT2D eigenvalue weighted by atomic mass is 10.2. The van der Waals surface area contributed by atoms with E-state index in [0.29, 0.717) is 10.6 Å². The van der Waals surface area contributed by atoms with Gasteiger partial charge in [0.05, 0.1) is 22.0 Å². The van der Waals surface area contributed by atoms with Crippen LogP contribution in [0.4, 0.5) is 11.4 Å². The number of hydrogen-bond donors (Lipinski definition) is 1. The molecule has 0 aliphatic carbocycles. The molecule has 0 atom stereocenters. The summed E-state index contributed by atoms with van der Waals surface area (Å²) < 4.78 is 0. The molecule has 0 aromatic heterocycles. The van der Waals surface area contributed by atoms with Crippen LogP contribution in [-0.4, -0.2) is 26.3 Å². The number of thioether (sulfide) groups is 1. The Hall–Kier alpha value is -1.65. The third-order valence-electron chi connectivity index (χ3n) is 3.05. The van der Waals surface area contributed by atoms with E-state index in [2.05, 4.69) is 5.32 Å². The van der Waals surface area contributed by atoms with Crippen molar-refractivity contribution in [3.05, 3.63) is 53.1 Å². The number of anilines is 2. The molecule has 0 saturated heterocycles. The number of carbonyl (C=O) groups excluding carboxylic acids is 1. The lowest BCUT2D eigenvalue weighted by Gasteiger charge is -2.18. The molecule has 2 aromatic carbocycles. The van der Waals surface area contributed by atoms with Crippen molar-refractivity contribution in [2.24, 2.45) is 0 Å². The Kier molecular flexibility index (Phi) is 5.15. The predicted octanol–water partition coefficient (Wildman–Crippen LogP) is 4.38.